The van der Waals surface area contributed by atoms with Gasteiger partial charge in [0, 0.05) is 24.1 Å². The molecule has 2 aromatic rings. The van der Waals surface area contributed by atoms with Crippen molar-refractivity contribution in [2.45, 2.75) is 50.4 Å². The van der Waals surface area contributed by atoms with Crippen LogP contribution in [0, 0.1) is 0 Å². The van der Waals surface area contributed by atoms with Crippen LogP contribution in [-0.4, -0.2) is 37.0 Å². The topological polar surface area (TPSA) is 23.6 Å². The Morgan fingerprint density at radius 2 is 1.60 bits per heavy atom. The molecule has 3 aliphatic rings. The minimum atomic E-state index is 0.287. The van der Waals surface area contributed by atoms with Crippen molar-refractivity contribution in [2.24, 2.45) is 0 Å². The highest BCUT2D eigenvalue weighted by molar-refractivity contribution is 5.96. The Morgan fingerprint density at radius 1 is 0.833 bits per heavy atom. The number of amides is 1. The van der Waals surface area contributed by atoms with Gasteiger partial charge in [-0.05, 0) is 74.5 Å². The first-order chi connectivity index (χ1) is 14.8. The van der Waals surface area contributed by atoms with Crippen molar-refractivity contribution >= 4 is 17.7 Å². The van der Waals surface area contributed by atoms with Gasteiger partial charge in [0.25, 0.3) is 0 Å². The second-order valence-electron chi connectivity index (χ2n) is 9.15. The van der Waals surface area contributed by atoms with E-state index >= 15 is 0 Å². The zero-order chi connectivity index (χ0) is 20.4. The molecule has 3 nitrogen and oxygen atoms in total. The van der Waals surface area contributed by atoms with Gasteiger partial charge in [0.1, 0.15) is 0 Å². The number of carbonyl (C=O) groups is 1. The molecule has 1 aliphatic carbocycles. The van der Waals surface area contributed by atoms with Crippen LogP contribution in [0.5, 0.6) is 0 Å². The van der Waals surface area contributed by atoms with Gasteiger partial charge in [-0.25, -0.2) is 0 Å². The number of carbonyl (C=O) groups excluding carboxylic acids is 1. The lowest BCUT2D eigenvalue weighted by atomic mass is 9.74. The number of fused-ring (bicyclic) bond motifs is 3. The van der Waals surface area contributed by atoms with Crippen molar-refractivity contribution in [1.82, 2.24) is 4.90 Å². The molecular formula is C27H32N2O. The van der Waals surface area contributed by atoms with E-state index in [2.05, 4.69) is 59.5 Å². The maximum absolute atomic E-state index is 12.4. The maximum Gasteiger partial charge on any atom is 0.227 e. The van der Waals surface area contributed by atoms with Crippen LogP contribution < -0.4 is 4.90 Å². The molecule has 5 rings (SSSR count). The van der Waals surface area contributed by atoms with Crippen LogP contribution in [-0.2, 0) is 16.6 Å². The van der Waals surface area contributed by atoms with Gasteiger partial charge in [-0.2, -0.15) is 0 Å². The molecule has 1 spiro atoms. The average molecular weight is 401 g/mol. The number of aryl methyl sites for hydroxylation is 1. The van der Waals surface area contributed by atoms with Crippen LogP contribution in [0.4, 0.5) is 5.69 Å². The van der Waals surface area contributed by atoms with Crippen molar-refractivity contribution in [1.29, 1.82) is 0 Å². The summed E-state index contributed by atoms with van der Waals surface area (Å²) in [6.07, 6.45) is 12.3. The molecule has 0 atom stereocenters. The van der Waals surface area contributed by atoms with Crippen molar-refractivity contribution in [3.8, 4) is 0 Å². The molecule has 1 saturated heterocycles. The number of piperidine rings is 1. The Morgan fingerprint density at radius 3 is 2.50 bits per heavy atom. The van der Waals surface area contributed by atoms with Gasteiger partial charge in [-0.15, -0.1) is 0 Å². The molecule has 2 aromatic carbocycles. The van der Waals surface area contributed by atoms with Crippen LogP contribution in [0.1, 0.15) is 55.2 Å². The number of allylic oxidation sites excluding steroid dienone is 1. The van der Waals surface area contributed by atoms with Gasteiger partial charge < -0.3 is 9.80 Å². The van der Waals surface area contributed by atoms with E-state index in [1.165, 1.54) is 62.0 Å². The Hall–Kier alpha value is -2.39. The largest absolute Gasteiger partial charge is 0.312 e. The Kier molecular flexibility index (Phi) is 5.47. The van der Waals surface area contributed by atoms with Gasteiger partial charge in [0.05, 0.1) is 0 Å². The lowest BCUT2D eigenvalue weighted by molar-refractivity contribution is -0.118. The van der Waals surface area contributed by atoms with Gasteiger partial charge in [0.15, 0.2) is 0 Å². The summed E-state index contributed by atoms with van der Waals surface area (Å²) < 4.78 is 0. The van der Waals surface area contributed by atoms with Crippen LogP contribution >= 0.6 is 0 Å². The molecule has 0 N–H and O–H groups in total. The summed E-state index contributed by atoms with van der Waals surface area (Å²) in [5, 5.41) is 0. The number of anilines is 1. The van der Waals surface area contributed by atoms with Crippen LogP contribution in [0.25, 0.3) is 6.08 Å². The van der Waals surface area contributed by atoms with E-state index < -0.39 is 0 Å². The third-order valence-corrected chi connectivity index (χ3v) is 7.38. The van der Waals surface area contributed by atoms with E-state index in [4.69, 9.17) is 0 Å². The highest BCUT2D eigenvalue weighted by Crippen LogP contribution is 2.43. The van der Waals surface area contributed by atoms with Crippen molar-refractivity contribution < 1.29 is 4.79 Å². The first kappa shape index (κ1) is 19.6. The minimum Gasteiger partial charge on any atom is -0.312 e. The van der Waals surface area contributed by atoms with E-state index in [0.29, 0.717) is 12.3 Å². The lowest BCUT2D eigenvalue weighted by Gasteiger charge is -2.39. The Balaban J connectivity index is 1.06. The van der Waals surface area contributed by atoms with Crippen molar-refractivity contribution in [3.63, 3.8) is 0 Å². The van der Waals surface area contributed by atoms with Gasteiger partial charge >= 0.3 is 0 Å². The summed E-state index contributed by atoms with van der Waals surface area (Å²) in [6, 6.07) is 17.3. The molecule has 2 heterocycles. The maximum atomic E-state index is 12.4. The first-order valence-electron chi connectivity index (χ1n) is 11.6. The van der Waals surface area contributed by atoms with Gasteiger partial charge in [-0.1, -0.05) is 61.0 Å². The highest BCUT2D eigenvalue weighted by atomic mass is 16.2. The SMILES string of the molecule is O=C1CCc2ccccc2N1CCCCCN1CCC2(C=Cc3ccccc32)CC1. The zero-order valence-electron chi connectivity index (χ0n) is 17.9. The smallest absolute Gasteiger partial charge is 0.227 e. The van der Waals surface area contributed by atoms with Crippen LogP contribution in [0.2, 0.25) is 0 Å². The van der Waals surface area contributed by atoms with Gasteiger partial charge in [0.2, 0.25) is 5.91 Å². The molecule has 1 amide bonds. The van der Waals surface area contributed by atoms with Crippen molar-refractivity contribution in [2.75, 3.05) is 31.1 Å². The Bertz CT molecular complexity index is 939. The number of hydrogen-bond acceptors (Lipinski definition) is 2. The van der Waals surface area contributed by atoms with E-state index in [1.807, 2.05) is 11.0 Å². The molecule has 0 radical (unpaired) electrons. The normalized spacial score (nSPS) is 19.9. The number of rotatable bonds is 6. The molecule has 0 unspecified atom stereocenters. The molecule has 2 aliphatic heterocycles. The first-order valence-corrected chi connectivity index (χ1v) is 11.6. The van der Waals surface area contributed by atoms with E-state index in [1.54, 1.807) is 0 Å². The molecule has 1 fully saturated rings. The lowest BCUT2D eigenvalue weighted by Crippen LogP contribution is -2.41. The average Bonchev–Trinajstić information content (AvgIpc) is 3.14. The fourth-order valence-electron chi connectivity index (χ4n) is 5.57. The molecule has 0 aromatic heterocycles. The number of hydrogen-bond donors (Lipinski definition) is 0. The summed E-state index contributed by atoms with van der Waals surface area (Å²) in [5.41, 5.74) is 5.70. The van der Waals surface area contributed by atoms with Gasteiger partial charge in [-0.3, -0.25) is 4.79 Å². The summed E-state index contributed by atoms with van der Waals surface area (Å²) in [6.45, 7) is 4.43. The van der Waals surface area contributed by atoms with Crippen LogP contribution in [0.3, 0.4) is 0 Å². The molecular weight excluding hydrogens is 368 g/mol. The molecule has 0 saturated carbocycles. The zero-order valence-corrected chi connectivity index (χ0v) is 17.9. The monoisotopic (exact) mass is 400 g/mol. The number of para-hydroxylation sites is 1. The molecule has 3 heteroatoms. The molecule has 0 bridgehead atoms. The highest BCUT2D eigenvalue weighted by Gasteiger charge is 2.37. The fourth-order valence-corrected chi connectivity index (χ4v) is 5.57. The van der Waals surface area contributed by atoms with Crippen molar-refractivity contribution in [3.05, 3.63) is 71.3 Å². The number of unbranched alkanes of at least 4 members (excludes halogenated alkanes) is 2. The second-order valence-corrected chi connectivity index (χ2v) is 9.15. The number of likely N-dealkylation sites (tertiary alicyclic amines) is 1. The summed E-state index contributed by atoms with van der Waals surface area (Å²) in [5.74, 6) is 0.292. The summed E-state index contributed by atoms with van der Waals surface area (Å²) in [4.78, 5) is 17.1. The number of nitrogens with zero attached hydrogens (tertiary/aromatic N) is 2. The summed E-state index contributed by atoms with van der Waals surface area (Å²) >= 11 is 0. The number of benzene rings is 2. The minimum absolute atomic E-state index is 0.287. The molecule has 156 valence electrons. The van der Waals surface area contributed by atoms with E-state index in [9.17, 15) is 4.79 Å². The predicted molar refractivity (Wildman–Crippen MR) is 124 cm³/mol. The quantitative estimate of drug-likeness (QED) is 0.623. The van der Waals surface area contributed by atoms with Crippen LogP contribution in [0.15, 0.2) is 54.6 Å². The third kappa shape index (κ3) is 3.72. The predicted octanol–water partition coefficient (Wildman–Crippen LogP) is 5.20. The standard InChI is InChI=1S/C27H32N2O/c30-26-13-12-23-9-3-5-11-25(23)29(26)19-7-1-6-18-28-20-16-27(17-21-28)15-14-22-8-2-4-10-24(22)27/h2-5,8-11,14-15H,1,6-7,12-13,16-21H2. The fraction of sp³-hybridized carbons (Fsp3) is 0.444. The van der Waals surface area contributed by atoms with E-state index in [0.717, 1.165) is 25.1 Å². The van der Waals surface area contributed by atoms with E-state index in [-0.39, 0.29) is 5.41 Å². The second kappa shape index (κ2) is 8.39. The molecule has 30 heavy (non-hydrogen) atoms. The third-order valence-electron chi connectivity index (χ3n) is 7.38. The Labute approximate surface area is 180 Å². The summed E-state index contributed by atoms with van der Waals surface area (Å²) in [7, 11) is 0.